The van der Waals surface area contributed by atoms with E-state index in [1.165, 1.54) is 12.1 Å². The third kappa shape index (κ3) is 4.68. The number of nitrogens with zero attached hydrogens (tertiary/aromatic N) is 1. The van der Waals surface area contributed by atoms with Crippen molar-refractivity contribution < 1.29 is 9.18 Å². The molecule has 0 aromatic heterocycles. The summed E-state index contributed by atoms with van der Waals surface area (Å²) in [6, 6.07) is 6.39. The summed E-state index contributed by atoms with van der Waals surface area (Å²) in [6.45, 7) is 3.96. The standard InChI is InChI=1S/C17H25FN2O.ClH/c1-2-10-20(12-13-6-8-15(18)9-7-13)17(21)16-5-3-4-14(16)11-19;/h6-9,14,16H,2-5,10-12,19H2,1H3;1H/t14-,16-;/m1./s1. The molecule has 2 atom stereocenters. The molecule has 5 heteroatoms. The summed E-state index contributed by atoms with van der Waals surface area (Å²) >= 11 is 0. The van der Waals surface area contributed by atoms with Gasteiger partial charge in [-0.1, -0.05) is 25.5 Å². The lowest BCUT2D eigenvalue weighted by Gasteiger charge is -2.28. The molecule has 0 aliphatic heterocycles. The first-order valence-corrected chi connectivity index (χ1v) is 7.89. The molecule has 0 unspecified atom stereocenters. The number of rotatable bonds is 6. The van der Waals surface area contributed by atoms with Crippen molar-refractivity contribution in [1.29, 1.82) is 0 Å². The highest BCUT2D eigenvalue weighted by molar-refractivity contribution is 5.85. The molecule has 1 aliphatic carbocycles. The van der Waals surface area contributed by atoms with Crippen molar-refractivity contribution in [3.63, 3.8) is 0 Å². The monoisotopic (exact) mass is 328 g/mol. The molecule has 1 aromatic rings. The molecule has 0 spiro atoms. The number of hydrogen-bond acceptors (Lipinski definition) is 2. The number of carbonyl (C=O) groups excluding carboxylic acids is 1. The Morgan fingerprint density at radius 2 is 2.00 bits per heavy atom. The number of benzene rings is 1. The smallest absolute Gasteiger partial charge is 0.226 e. The summed E-state index contributed by atoms with van der Waals surface area (Å²) in [5.74, 6) is 0.368. The molecule has 1 fully saturated rings. The van der Waals surface area contributed by atoms with Gasteiger partial charge >= 0.3 is 0 Å². The maximum atomic E-state index is 13.0. The molecule has 0 radical (unpaired) electrons. The van der Waals surface area contributed by atoms with E-state index in [2.05, 4.69) is 6.92 Å². The van der Waals surface area contributed by atoms with Crippen LogP contribution in [0.15, 0.2) is 24.3 Å². The van der Waals surface area contributed by atoms with Crippen LogP contribution in [-0.4, -0.2) is 23.9 Å². The summed E-state index contributed by atoms with van der Waals surface area (Å²) < 4.78 is 13.0. The lowest BCUT2D eigenvalue weighted by Crippen LogP contribution is -2.39. The predicted octanol–water partition coefficient (Wildman–Crippen LogP) is 3.36. The number of halogens is 2. The van der Waals surface area contributed by atoms with Gasteiger partial charge < -0.3 is 10.6 Å². The largest absolute Gasteiger partial charge is 0.338 e. The fourth-order valence-corrected chi connectivity index (χ4v) is 3.23. The summed E-state index contributed by atoms with van der Waals surface area (Å²) in [7, 11) is 0. The third-order valence-electron chi connectivity index (χ3n) is 4.37. The molecule has 3 nitrogen and oxygen atoms in total. The minimum absolute atomic E-state index is 0. The van der Waals surface area contributed by atoms with E-state index in [1.54, 1.807) is 12.1 Å². The van der Waals surface area contributed by atoms with E-state index in [0.29, 0.717) is 19.0 Å². The van der Waals surface area contributed by atoms with Crippen LogP contribution in [0.5, 0.6) is 0 Å². The second-order valence-corrected chi connectivity index (χ2v) is 5.92. The first kappa shape index (κ1) is 18.9. The fraction of sp³-hybridized carbons (Fsp3) is 0.588. The van der Waals surface area contributed by atoms with Gasteiger partial charge in [0.05, 0.1) is 0 Å². The van der Waals surface area contributed by atoms with Gasteiger partial charge in [0.1, 0.15) is 5.82 Å². The molecular weight excluding hydrogens is 303 g/mol. The molecular formula is C17H26ClFN2O. The fourth-order valence-electron chi connectivity index (χ4n) is 3.23. The third-order valence-corrected chi connectivity index (χ3v) is 4.37. The van der Waals surface area contributed by atoms with Crippen molar-refractivity contribution in [2.45, 2.75) is 39.2 Å². The lowest BCUT2D eigenvalue weighted by atomic mass is 9.94. The first-order chi connectivity index (χ1) is 10.2. The van der Waals surface area contributed by atoms with Crippen molar-refractivity contribution in [1.82, 2.24) is 4.90 Å². The maximum Gasteiger partial charge on any atom is 0.226 e. The van der Waals surface area contributed by atoms with Gasteiger partial charge in [-0.15, -0.1) is 12.4 Å². The van der Waals surface area contributed by atoms with Crippen LogP contribution in [0.25, 0.3) is 0 Å². The maximum absolute atomic E-state index is 13.0. The van der Waals surface area contributed by atoms with Crippen LogP contribution in [0.2, 0.25) is 0 Å². The normalized spacial score (nSPS) is 20.5. The topological polar surface area (TPSA) is 46.3 Å². The molecule has 124 valence electrons. The molecule has 2 N–H and O–H groups in total. The number of amides is 1. The second-order valence-electron chi connectivity index (χ2n) is 5.92. The van der Waals surface area contributed by atoms with Gasteiger partial charge in [0.2, 0.25) is 5.91 Å². The zero-order valence-corrected chi connectivity index (χ0v) is 13.9. The predicted molar refractivity (Wildman–Crippen MR) is 89.2 cm³/mol. The highest BCUT2D eigenvalue weighted by atomic mass is 35.5. The average Bonchev–Trinajstić information content (AvgIpc) is 2.96. The van der Waals surface area contributed by atoms with Crippen LogP contribution in [-0.2, 0) is 11.3 Å². The minimum Gasteiger partial charge on any atom is -0.338 e. The zero-order chi connectivity index (χ0) is 15.2. The Hall–Kier alpha value is -1.13. The van der Waals surface area contributed by atoms with Crippen molar-refractivity contribution in [3.8, 4) is 0 Å². The summed E-state index contributed by atoms with van der Waals surface area (Å²) in [5, 5.41) is 0. The molecule has 1 aliphatic rings. The summed E-state index contributed by atoms with van der Waals surface area (Å²) in [4.78, 5) is 14.7. The van der Waals surface area contributed by atoms with Gasteiger partial charge in [-0.05, 0) is 49.4 Å². The Morgan fingerprint density at radius 3 is 2.59 bits per heavy atom. The molecule has 0 heterocycles. The molecule has 1 amide bonds. The second kappa shape index (κ2) is 9.11. The summed E-state index contributed by atoms with van der Waals surface area (Å²) in [6.07, 6.45) is 4.02. The number of carbonyl (C=O) groups is 1. The van der Waals surface area contributed by atoms with Crippen molar-refractivity contribution in [2.24, 2.45) is 17.6 Å². The molecule has 22 heavy (non-hydrogen) atoms. The highest BCUT2D eigenvalue weighted by Crippen LogP contribution is 2.32. The van der Waals surface area contributed by atoms with E-state index in [4.69, 9.17) is 5.73 Å². The van der Waals surface area contributed by atoms with Crippen LogP contribution < -0.4 is 5.73 Å². The van der Waals surface area contributed by atoms with Crippen molar-refractivity contribution in [2.75, 3.05) is 13.1 Å². The Morgan fingerprint density at radius 1 is 1.32 bits per heavy atom. The van der Waals surface area contributed by atoms with Gasteiger partial charge in [0.25, 0.3) is 0 Å². The van der Waals surface area contributed by atoms with Gasteiger partial charge in [-0.3, -0.25) is 4.79 Å². The Labute approximate surface area is 138 Å². The van der Waals surface area contributed by atoms with E-state index in [9.17, 15) is 9.18 Å². The molecule has 0 saturated heterocycles. The number of nitrogens with two attached hydrogens (primary N) is 1. The number of hydrogen-bond donors (Lipinski definition) is 1. The molecule has 0 bridgehead atoms. The molecule has 2 rings (SSSR count). The minimum atomic E-state index is -0.244. The van der Waals surface area contributed by atoms with Gasteiger partial charge in [-0.2, -0.15) is 0 Å². The van der Waals surface area contributed by atoms with Gasteiger partial charge in [-0.25, -0.2) is 4.39 Å². The molecule has 1 aromatic carbocycles. The average molecular weight is 329 g/mol. The van der Waals surface area contributed by atoms with Crippen LogP contribution in [0.1, 0.15) is 38.2 Å². The zero-order valence-electron chi connectivity index (χ0n) is 13.1. The van der Waals surface area contributed by atoms with E-state index in [0.717, 1.165) is 37.8 Å². The quantitative estimate of drug-likeness (QED) is 0.870. The summed E-state index contributed by atoms with van der Waals surface area (Å²) in [5.41, 5.74) is 6.77. The lowest BCUT2D eigenvalue weighted by molar-refractivity contribution is -0.137. The van der Waals surface area contributed by atoms with E-state index in [-0.39, 0.29) is 30.0 Å². The van der Waals surface area contributed by atoms with Crippen LogP contribution in [0, 0.1) is 17.7 Å². The SMILES string of the molecule is CCCN(Cc1ccc(F)cc1)C(=O)[C@@H]1CCC[C@@H]1CN.Cl. The van der Waals surface area contributed by atoms with Gasteiger partial charge in [0.15, 0.2) is 0 Å². The Bertz CT molecular complexity index is 466. The van der Waals surface area contributed by atoms with Crippen LogP contribution >= 0.6 is 12.4 Å². The van der Waals surface area contributed by atoms with Crippen molar-refractivity contribution in [3.05, 3.63) is 35.6 Å². The van der Waals surface area contributed by atoms with Gasteiger partial charge in [0, 0.05) is 19.0 Å². The van der Waals surface area contributed by atoms with Crippen LogP contribution in [0.3, 0.4) is 0 Å². The van der Waals surface area contributed by atoms with Crippen LogP contribution in [0.4, 0.5) is 4.39 Å². The van der Waals surface area contributed by atoms with E-state index >= 15 is 0 Å². The Kier molecular flexibility index (Phi) is 7.83. The van der Waals surface area contributed by atoms with E-state index < -0.39 is 0 Å². The molecule has 1 saturated carbocycles. The first-order valence-electron chi connectivity index (χ1n) is 7.89. The van der Waals surface area contributed by atoms with E-state index in [1.807, 2.05) is 4.90 Å². The highest BCUT2D eigenvalue weighted by Gasteiger charge is 2.34. The Balaban J connectivity index is 0.00000242. The van der Waals surface area contributed by atoms with Crippen molar-refractivity contribution >= 4 is 18.3 Å².